The Labute approximate surface area is 68.6 Å². The predicted octanol–water partition coefficient (Wildman–Crippen LogP) is 1.74. The molecule has 1 nitrogen and oxygen atoms in total. The first-order chi connectivity index (χ1) is 3.72. The smallest absolute Gasteiger partial charge is 0.481 e. The van der Waals surface area contributed by atoms with Crippen LogP contribution in [0.5, 0.6) is 0 Å². The molecule has 1 heterocycles. The van der Waals surface area contributed by atoms with E-state index >= 15 is 0 Å². The van der Waals surface area contributed by atoms with Gasteiger partial charge in [0.25, 0.3) is 0 Å². The number of hydrogen-bond acceptors (Lipinski definition) is 0. The average molecular weight is 209 g/mol. The Balaban J connectivity index is 0.000000640. The minimum Gasteiger partial charge on any atom is -0.481 e. The molecule has 0 bridgehead atoms. The van der Waals surface area contributed by atoms with Gasteiger partial charge in [0.2, 0.25) is 0 Å². The number of aromatic amines is 1. The molecule has 51 valence electrons. The molecule has 0 aromatic carbocycles. The normalized spacial score (nSPS) is 8.78. The Bertz CT molecular complexity index is 171. The summed E-state index contributed by atoms with van der Waals surface area (Å²) in [4.78, 5) is 3.01. The van der Waals surface area contributed by atoms with Crippen molar-refractivity contribution in [3.05, 3.63) is 23.0 Å². The average Bonchev–Trinajstić information content (AvgIpc) is 1.98. The first-order valence-corrected chi connectivity index (χ1v) is 2.75. The van der Waals surface area contributed by atoms with Crippen LogP contribution in [0.4, 0.5) is 0 Å². The Morgan fingerprint density at radius 1 is 1.22 bits per heavy atom. The van der Waals surface area contributed by atoms with Gasteiger partial charge in [0, 0.05) is 0 Å². The largest absolute Gasteiger partial charge is 1.00 e. The van der Waals surface area contributed by atoms with Crippen molar-refractivity contribution in [2.45, 2.75) is 20.8 Å². The van der Waals surface area contributed by atoms with Crippen molar-refractivity contribution in [2.24, 2.45) is 0 Å². The molecular weight excluding hydrogens is 199 g/mol. The van der Waals surface area contributed by atoms with E-state index in [1.165, 1.54) is 16.8 Å². The molecule has 9 heavy (non-hydrogen) atoms. The van der Waals surface area contributed by atoms with Gasteiger partial charge in [0.15, 0.2) is 0 Å². The van der Waals surface area contributed by atoms with E-state index in [9.17, 15) is 0 Å². The topological polar surface area (TPSA) is 15.8 Å². The minimum absolute atomic E-state index is 0. The van der Waals surface area contributed by atoms with Gasteiger partial charge < -0.3 is 4.98 Å². The SMILES string of the molecule is Cc1[c-][nH]c(C)c1C.[Ru+]. The summed E-state index contributed by atoms with van der Waals surface area (Å²) in [5.41, 5.74) is 3.77. The molecule has 0 fully saturated rings. The maximum absolute atomic E-state index is 3.01. The molecule has 0 spiro atoms. The second kappa shape index (κ2) is 3.17. The summed E-state index contributed by atoms with van der Waals surface area (Å²) in [6.45, 7) is 6.20. The van der Waals surface area contributed by atoms with Gasteiger partial charge in [-0.15, -0.1) is 11.9 Å². The van der Waals surface area contributed by atoms with Gasteiger partial charge in [-0.25, -0.2) is 0 Å². The van der Waals surface area contributed by atoms with Crippen molar-refractivity contribution < 1.29 is 19.5 Å². The molecule has 0 aliphatic heterocycles. The summed E-state index contributed by atoms with van der Waals surface area (Å²) in [5.74, 6) is 0. The van der Waals surface area contributed by atoms with E-state index in [4.69, 9.17) is 0 Å². The quantitative estimate of drug-likeness (QED) is 0.495. The van der Waals surface area contributed by atoms with Gasteiger partial charge in [-0.2, -0.15) is 11.1 Å². The Kier molecular flexibility index (Phi) is 3.13. The monoisotopic (exact) mass is 210 g/mol. The molecule has 0 aliphatic carbocycles. The van der Waals surface area contributed by atoms with Gasteiger partial charge >= 0.3 is 19.5 Å². The summed E-state index contributed by atoms with van der Waals surface area (Å²) in [5, 5.41) is 0. The molecule has 1 aromatic rings. The van der Waals surface area contributed by atoms with Crippen LogP contribution < -0.4 is 0 Å². The standard InChI is InChI=1S/C7H10N.Ru/c1-5-4-8-7(3)6(5)2;/h8H,1-3H3;/q-1;+1. The van der Waals surface area contributed by atoms with Crippen molar-refractivity contribution in [3.8, 4) is 0 Å². The molecule has 0 atom stereocenters. The molecule has 1 aromatic heterocycles. The van der Waals surface area contributed by atoms with E-state index in [0.717, 1.165) is 0 Å². The van der Waals surface area contributed by atoms with Crippen LogP contribution in [-0.4, -0.2) is 4.98 Å². The summed E-state index contributed by atoms with van der Waals surface area (Å²) in [7, 11) is 0. The van der Waals surface area contributed by atoms with Gasteiger partial charge in [-0.05, 0) is 0 Å². The fourth-order valence-electron chi connectivity index (χ4n) is 0.656. The van der Waals surface area contributed by atoms with E-state index in [1.807, 2.05) is 0 Å². The Morgan fingerprint density at radius 2 is 1.78 bits per heavy atom. The molecule has 0 amide bonds. The Morgan fingerprint density at radius 3 is 1.89 bits per heavy atom. The van der Waals surface area contributed by atoms with Gasteiger partial charge in [-0.3, -0.25) is 0 Å². The van der Waals surface area contributed by atoms with E-state index in [0.29, 0.717) is 0 Å². The molecular formula is C7H10NRu. The Hall–Kier alpha value is -0.0966. The number of nitrogens with one attached hydrogen (secondary N) is 1. The number of H-pyrrole nitrogens is 1. The second-order valence-corrected chi connectivity index (χ2v) is 2.12. The van der Waals surface area contributed by atoms with Crippen LogP contribution in [0.15, 0.2) is 0 Å². The maximum Gasteiger partial charge on any atom is 1.00 e. The zero-order valence-electron chi connectivity index (χ0n) is 5.85. The van der Waals surface area contributed by atoms with Crippen LogP contribution in [-0.2, 0) is 19.5 Å². The third kappa shape index (κ3) is 1.65. The molecule has 1 rings (SSSR count). The number of rotatable bonds is 0. The third-order valence-corrected chi connectivity index (χ3v) is 1.56. The van der Waals surface area contributed by atoms with Crippen molar-refractivity contribution in [3.63, 3.8) is 0 Å². The van der Waals surface area contributed by atoms with Crippen molar-refractivity contribution in [1.82, 2.24) is 4.98 Å². The van der Waals surface area contributed by atoms with Crippen LogP contribution in [0.25, 0.3) is 0 Å². The van der Waals surface area contributed by atoms with Crippen LogP contribution in [0, 0.1) is 27.0 Å². The van der Waals surface area contributed by atoms with Crippen LogP contribution in [0.2, 0.25) is 0 Å². The first kappa shape index (κ1) is 8.90. The molecule has 0 saturated carbocycles. The predicted molar refractivity (Wildman–Crippen MR) is 33.8 cm³/mol. The molecule has 0 saturated heterocycles. The fourth-order valence-corrected chi connectivity index (χ4v) is 0.656. The molecule has 1 N–H and O–H groups in total. The van der Waals surface area contributed by atoms with Crippen LogP contribution >= 0.6 is 0 Å². The molecule has 1 radical (unpaired) electrons. The number of aryl methyl sites for hydroxylation is 2. The number of aromatic nitrogens is 1. The van der Waals surface area contributed by atoms with E-state index in [2.05, 4.69) is 32.0 Å². The van der Waals surface area contributed by atoms with Gasteiger partial charge in [-0.1, -0.05) is 20.8 Å². The number of hydrogen-bond donors (Lipinski definition) is 1. The third-order valence-electron chi connectivity index (χ3n) is 1.56. The zero-order chi connectivity index (χ0) is 6.15. The summed E-state index contributed by atoms with van der Waals surface area (Å²) in [6.07, 6.45) is 3.01. The molecule has 0 unspecified atom stereocenters. The van der Waals surface area contributed by atoms with Gasteiger partial charge in [0.1, 0.15) is 0 Å². The molecule has 0 aliphatic rings. The van der Waals surface area contributed by atoms with E-state index in [1.54, 1.807) is 0 Å². The van der Waals surface area contributed by atoms with Crippen molar-refractivity contribution >= 4 is 0 Å². The minimum atomic E-state index is 0. The van der Waals surface area contributed by atoms with Gasteiger partial charge in [0.05, 0.1) is 0 Å². The fraction of sp³-hybridized carbons (Fsp3) is 0.429. The first-order valence-electron chi connectivity index (χ1n) is 2.75. The van der Waals surface area contributed by atoms with Crippen molar-refractivity contribution in [2.75, 3.05) is 0 Å². The summed E-state index contributed by atoms with van der Waals surface area (Å²) >= 11 is 0. The maximum atomic E-state index is 3.01. The summed E-state index contributed by atoms with van der Waals surface area (Å²) < 4.78 is 0. The second-order valence-electron chi connectivity index (χ2n) is 2.12. The van der Waals surface area contributed by atoms with Crippen LogP contribution in [0.1, 0.15) is 16.8 Å². The van der Waals surface area contributed by atoms with Crippen LogP contribution in [0.3, 0.4) is 0 Å². The van der Waals surface area contributed by atoms with E-state index < -0.39 is 0 Å². The molecule has 2 heteroatoms. The van der Waals surface area contributed by atoms with E-state index in [-0.39, 0.29) is 19.5 Å². The van der Waals surface area contributed by atoms with Crippen molar-refractivity contribution in [1.29, 1.82) is 0 Å². The summed E-state index contributed by atoms with van der Waals surface area (Å²) in [6, 6.07) is 0. The zero-order valence-corrected chi connectivity index (χ0v) is 7.59.